The Hall–Kier alpha value is -2.34. The van der Waals surface area contributed by atoms with E-state index in [0.29, 0.717) is 17.7 Å². The largest absolute Gasteiger partial charge is 0.351 e. The molecule has 2 aromatic carbocycles. The third-order valence-corrected chi connectivity index (χ3v) is 6.40. The summed E-state index contributed by atoms with van der Waals surface area (Å²) in [5.41, 5.74) is 3.19. The number of anilines is 1. The van der Waals surface area contributed by atoms with Gasteiger partial charge in [-0.15, -0.1) is 0 Å². The standard InChI is InChI=1S/C22H24BrN3O2/c1-2-25-19-13-15(21(27)24-14-16-7-3-4-8-18(16)23)10-11-17(19)22(28)26-12-6-5-9-20(25)26/h3-4,7-8,10-11,13,20H,2,5-6,9,12,14H2,1H3,(H,24,27)/t20-/m0/s1. The minimum absolute atomic E-state index is 0.0876. The van der Waals surface area contributed by atoms with Gasteiger partial charge in [0.05, 0.1) is 11.3 Å². The molecule has 2 amide bonds. The fourth-order valence-electron chi connectivity index (χ4n) is 4.18. The third-order valence-electron chi connectivity index (χ3n) is 5.63. The van der Waals surface area contributed by atoms with E-state index in [4.69, 9.17) is 0 Å². The number of fused-ring (bicyclic) bond motifs is 2. The van der Waals surface area contributed by atoms with Crippen LogP contribution in [0.25, 0.3) is 0 Å². The molecule has 146 valence electrons. The Labute approximate surface area is 173 Å². The Bertz CT molecular complexity index is 914. The van der Waals surface area contributed by atoms with Crippen LogP contribution in [0.4, 0.5) is 5.69 Å². The molecule has 2 aliphatic heterocycles. The van der Waals surface area contributed by atoms with Crippen LogP contribution in [0.2, 0.25) is 0 Å². The van der Waals surface area contributed by atoms with Crippen molar-refractivity contribution in [3.63, 3.8) is 0 Å². The molecule has 0 unspecified atom stereocenters. The molecule has 1 saturated heterocycles. The first-order valence-corrected chi connectivity index (χ1v) is 10.6. The van der Waals surface area contributed by atoms with Gasteiger partial charge in [0.15, 0.2) is 0 Å². The zero-order valence-electron chi connectivity index (χ0n) is 16.0. The molecule has 28 heavy (non-hydrogen) atoms. The van der Waals surface area contributed by atoms with Gasteiger partial charge in [0, 0.05) is 29.7 Å². The molecular formula is C22H24BrN3O2. The van der Waals surface area contributed by atoms with Crippen molar-refractivity contribution in [2.75, 3.05) is 18.0 Å². The maximum absolute atomic E-state index is 12.9. The van der Waals surface area contributed by atoms with Crippen molar-refractivity contribution < 1.29 is 9.59 Å². The maximum atomic E-state index is 12.9. The molecule has 0 aromatic heterocycles. The summed E-state index contributed by atoms with van der Waals surface area (Å²) in [4.78, 5) is 29.9. The van der Waals surface area contributed by atoms with Crippen molar-refractivity contribution in [2.45, 2.75) is 38.9 Å². The van der Waals surface area contributed by atoms with Crippen LogP contribution in [0.1, 0.15) is 52.5 Å². The van der Waals surface area contributed by atoms with E-state index in [1.165, 1.54) is 0 Å². The molecule has 0 radical (unpaired) electrons. The second kappa shape index (κ2) is 7.95. The fourth-order valence-corrected chi connectivity index (χ4v) is 4.61. The summed E-state index contributed by atoms with van der Waals surface area (Å²) in [6.45, 7) is 4.17. The molecule has 0 bridgehead atoms. The number of halogens is 1. The van der Waals surface area contributed by atoms with E-state index in [1.54, 1.807) is 12.1 Å². The lowest BCUT2D eigenvalue weighted by Crippen LogP contribution is -2.57. The highest BCUT2D eigenvalue weighted by Gasteiger charge is 2.38. The minimum atomic E-state index is -0.131. The van der Waals surface area contributed by atoms with Gasteiger partial charge in [-0.3, -0.25) is 9.59 Å². The Morgan fingerprint density at radius 3 is 2.82 bits per heavy atom. The summed E-state index contributed by atoms with van der Waals surface area (Å²) in [6, 6.07) is 13.3. The molecule has 2 heterocycles. The first-order chi connectivity index (χ1) is 13.6. The number of nitrogens with one attached hydrogen (secondary N) is 1. The van der Waals surface area contributed by atoms with Crippen molar-refractivity contribution >= 4 is 33.4 Å². The molecule has 5 nitrogen and oxygen atoms in total. The highest BCUT2D eigenvalue weighted by Crippen LogP contribution is 2.35. The van der Waals surface area contributed by atoms with Crippen LogP contribution in [-0.2, 0) is 6.54 Å². The van der Waals surface area contributed by atoms with E-state index < -0.39 is 0 Å². The van der Waals surface area contributed by atoms with E-state index in [1.807, 2.05) is 35.2 Å². The quantitative estimate of drug-likeness (QED) is 0.774. The summed E-state index contributed by atoms with van der Waals surface area (Å²) in [5.74, 6) is -0.0438. The van der Waals surface area contributed by atoms with Crippen LogP contribution in [0.3, 0.4) is 0 Å². The summed E-state index contributed by atoms with van der Waals surface area (Å²) >= 11 is 3.51. The van der Waals surface area contributed by atoms with Gasteiger partial charge in [-0.05, 0) is 56.0 Å². The molecule has 0 spiro atoms. The van der Waals surface area contributed by atoms with Crippen molar-refractivity contribution in [3.8, 4) is 0 Å². The Morgan fingerprint density at radius 1 is 1.21 bits per heavy atom. The van der Waals surface area contributed by atoms with Gasteiger partial charge in [0.2, 0.25) is 0 Å². The molecular weight excluding hydrogens is 418 g/mol. The van der Waals surface area contributed by atoms with Crippen LogP contribution in [0, 0.1) is 0 Å². The lowest BCUT2D eigenvalue weighted by atomic mass is 9.97. The van der Waals surface area contributed by atoms with Crippen LogP contribution < -0.4 is 10.2 Å². The van der Waals surface area contributed by atoms with Crippen LogP contribution in [0.5, 0.6) is 0 Å². The van der Waals surface area contributed by atoms with Gasteiger partial charge in [0.25, 0.3) is 11.8 Å². The molecule has 1 fully saturated rings. The van der Waals surface area contributed by atoms with E-state index in [0.717, 1.165) is 48.1 Å². The SMILES string of the molecule is CCN1c2cc(C(=O)NCc3ccccc3Br)ccc2C(=O)N2CCCC[C@H]21. The first-order valence-electron chi connectivity index (χ1n) is 9.83. The average Bonchev–Trinajstić information content (AvgIpc) is 2.73. The van der Waals surface area contributed by atoms with Gasteiger partial charge in [-0.1, -0.05) is 34.1 Å². The predicted molar refractivity (Wildman–Crippen MR) is 113 cm³/mol. The number of piperidine rings is 1. The number of hydrogen-bond acceptors (Lipinski definition) is 3. The van der Waals surface area contributed by atoms with E-state index in [-0.39, 0.29) is 18.0 Å². The van der Waals surface area contributed by atoms with Gasteiger partial charge in [0.1, 0.15) is 6.17 Å². The Morgan fingerprint density at radius 2 is 2.04 bits per heavy atom. The lowest BCUT2D eigenvalue weighted by molar-refractivity contribution is 0.0582. The number of rotatable bonds is 4. The molecule has 2 aromatic rings. The molecule has 0 saturated carbocycles. The van der Waals surface area contributed by atoms with Gasteiger partial charge < -0.3 is 15.1 Å². The summed E-state index contributed by atoms with van der Waals surface area (Å²) in [7, 11) is 0. The topological polar surface area (TPSA) is 52.7 Å². The Balaban J connectivity index is 1.58. The second-order valence-electron chi connectivity index (χ2n) is 7.27. The molecule has 2 aliphatic rings. The maximum Gasteiger partial charge on any atom is 0.257 e. The van der Waals surface area contributed by atoms with Crippen LogP contribution >= 0.6 is 15.9 Å². The highest BCUT2D eigenvalue weighted by atomic mass is 79.9. The van der Waals surface area contributed by atoms with E-state index in [2.05, 4.69) is 33.1 Å². The second-order valence-corrected chi connectivity index (χ2v) is 8.12. The average molecular weight is 442 g/mol. The highest BCUT2D eigenvalue weighted by molar-refractivity contribution is 9.10. The lowest BCUT2D eigenvalue weighted by Gasteiger charge is -2.47. The monoisotopic (exact) mass is 441 g/mol. The zero-order chi connectivity index (χ0) is 19.7. The number of benzene rings is 2. The van der Waals surface area contributed by atoms with E-state index in [9.17, 15) is 9.59 Å². The van der Waals surface area contributed by atoms with Crippen molar-refractivity contribution in [1.82, 2.24) is 10.2 Å². The number of nitrogens with zero attached hydrogens (tertiary/aromatic N) is 2. The van der Waals surface area contributed by atoms with E-state index >= 15 is 0 Å². The molecule has 0 aliphatic carbocycles. The fraction of sp³-hybridized carbons (Fsp3) is 0.364. The molecule has 6 heteroatoms. The van der Waals surface area contributed by atoms with Gasteiger partial charge in [-0.25, -0.2) is 0 Å². The van der Waals surface area contributed by atoms with Crippen molar-refractivity contribution in [2.24, 2.45) is 0 Å². The van der Waals surface area contributed by atoms with Gasteiger partial charge in [-0.2, -0.15) is 0 Å². The normalized spacial score (nSPS) is 18.5. The molecule has 1 N–H and O–H groups in total. The Kier molecular flexibility index (Phi) is 5.40. The number of amides is 2. The summed E-state index contributed by atoms with van der Waals surface area (Å²) in [6.07, 6.45) is 3.28. The first kappa shape index (κ1) is 19.0. The van der Waals surface area contributed by atoms with Crippen LogP contribution in [-0.4, -0.2) is 36.0 Å². The zero-order valence-corrected chi connectivity index (χ0v) is 17.5. The number of carbonyl (C=O) groups is 2. The summed E-state index contributed by atoms with van der Waals surface area (Å²) in [5, 5.41) is 2.98. The van der Waals surface area contributed by atoms with Crippen LogP contribution in [0.15, 0.2) is 46.9 Å². The minimum Gasteiger partial charge on any atom is -0.351 e. The van der Waals surface area contributed by atoms with Crippen molar-refractivity contribution in [1.29, 1.82) is 0 Å². The van der Waals surface area contributed by atoms with Crippen molar-refractivity contribution in [3.05, 3.63) is 63.6 Å². The molecule has 4 rings (SSSR count). The third kappa shape index (κ3) is 3.41. The van der Waals surface area contributed by atoms with Gasteiger partial charge >= 0.3 is 0 Å². The predicted octanol–water partition coefficient (Wildman–Crippen LogP) is 4.17. The summed E-state index contributed by atoms with van der Waals surface area (Å²) < 4.78 is 0.973. The number of carbonyl (C=O) groups excluding carboxylic acids is 2. The molecule has 1 atom stereocenters. The smallest absolute Gasteiger partial charge is 0.257 e. The number of hydrogen-bond donors (Lipinski definition) is 1.